The number of hydrogen-bond donors (Lipinski definition) is 0. The van der Waals surface area contributed by atoms with Crippen LogP contribution in [0.4, 0.5) is 5.69 Å². The molecule has 0 N–H and O–H groups in total. The molecular weight excluding hydrogens is 282 g/mol. The normalized spacial score (nSPS) is 18.7. The summed E-state index contributed by atoms with van der Waals surface area (Å²) in [6, 6.07) is 5.45. The van der Waals surface area contributed by atoms with Gasteiger partial charge in [-0.05, 0) is 39.8 Å². The second kappa shape index (κ2) is 5.91. The molecule has 1 fully saturated rings. The fraction of sp³-hybridized carbons (Fsp3) is 0.471. The van der Waals surface area contributed by atoms with Gasteiger partial charge in [-0.2, -0.15) is 0 Å². The zero-order valence-electron chi connectivity index (χ0n) is 14.0. The Hall–Kier alpha value is -2.17. The molecule has 0 aliphatic carbocycles. The van der Waals surface area contributed by atoms with Crippen LogP contribution in [0.25, 0.3) is 0 Å². The number of methoxy groups -OCH3 is 2. The van der Waals surface area contributed by atoms with E-state index in [-0.39, 0.29) is 11.2 Å². The van der Waals surface area contributed by atoms with Gasteiger partial charge in [-0.25, -0.2) is 0 Å². The number of nitrogens with zero attached hydrogens (tertiary/aromatic N) is 1. The number of rotatable bonds is 4. The van der Waals surface area contributed by atoms with Gasteiger partial charge in [0.15, 0.2) is 0 Å². The van der Waals surface area contributed by atoms with Crippen molar-refractivity contribution in [3.05, 3.63) is 30.2 Å². The summed E-state index contributed by atoms with van der Waals surface area (Å²) in [7, 11) is 3.21. The van der Waals surface area contributed by atoms with Gasteiger partial charge in [-0.15, -0.1) is 0 Å². The Morgan fingerprint density at radius 3 is 2.18 bits per heavy atom. The van der Waals surface area contributed by atoms with Crippen LogP contribution in [0, 0.1) is 0 Å². The highest BCUT2D eigenvalue weighted by Gasteiger charge is 2.48. The van der Waals surface area contributed by atoms with Gasteiger partial charge in [-0.1, -0.05) is 0 Å². The van der Waals surface area contributed by atoms with E-state index in [0.717, 1.165) is 5.75 Å². The number of aliphatic imine (C=N–C) groups is 1. The van der Waals surface area contributed by atoms with E-state index in [0.29, 0.717) is 17.4 Å². The molecular formula is C17H23NO4. The molecule has 5 heteroatoms. The molecule has 1 heterocycles. The van der Waals surface area contributed by atoms with E-state index < -0.39 is 0 Å². The molecule has 0 saturated carbocycles. The lowest BCUT2D eigenvalue weighted by atomic mass is 9.90. The lowest BCUT2D eigenvalue weighted by molar-refractivity contribution is 0.00578. The first-order valence-electron chi connectivity index (χ1n) is 7.13. The molecule has 22 heavy (non-hydrogen) atoms. The maximum atomic E-state index is 5.79. The highest BCUT2D eigenvalue weighted by molar-refractivity contribution is 5.76. The Kier molecular flexibility index (Phi) is 4.35. The van der Waals surface area contributed by atoms with Crippen LogP contribution in [-0.4, -0.2) is 31.6 Å². The first kappa shape index (κ1) is 16.2. The second-order valence-corrected chi connectivity index (χ2v) is 6.03. The summed E-state index contributed by atoms with van der Waals surface area (Å²) < 4.78 is 22.0. The number of allylic oxidation sites excluding steroid dienone is 1. The zero-order chi connectivity index (χ0) is 16.4. The Morgan fingerprint density at radius 2 is 1.64 bits per heavy atom. The van der Waals surface area contributed by atoms with Gasteiger partial charge in [0, 0.05) is 18.4 Å². The van der Waals surface area contributed by atoms with Gasteiger partial charge in [0.05, 0.1) is 14.2 Å². The number of benzene rings is 1. The Balaban J connectivity index is 2.15. The molecule has 0 bridgehead atoms. The minimum absolute atomic E-state index is 0.384. The summed E-state index contributed by atoms with van der Waals surface area (Å²) in [5, 5.41) is 0. The van der Waals surface area contributed by atoms with Crippen molar-refractivity contribution in [1.82, 2.24) is 0 Å². The molecule has 2 rings (SSSR count). The van der Waals surface area contributed by atoms with E-state index in [2.05, 4.69) is 4.99 Å². The minimum atomic E-state index is -0.384. The fourth-order valence-corrected chi connectivity index (χ4v) is 1.91. The molecule has 1 aromatic rings. The van der Waals surface area contributed by atoms with Crippen molar-refractivity contribution >= 4 is 11.9 Å². The molecule has 1 saturated heterocycles. The Morgan fingerprint density at radius 1 is 1.00 bits per heavy atom. The molecule has 0 atom stereocenters. The van der Waals surface area contributed by atoms with E-state index in [1.807, 2.05) is 39.8 Å². The smallest absolute Gasteiger partial charge is 0.282 e. The van der Waals surface area contributed by atoms with Crippen molar-refractivity contribution in [1.29, 1.82) is 0 Å². The maximum Gasteiger partial charge on any atom is 0.282 e. The molecule has 120 valence electrons. The minimum Gasteiger partial charge on any atom is -0.497 e. The van der Waals surface area contributed by atoms with Crippen molar-refractivity contribution in [2.75, 3.05) is 14.2 Å². The van der Waals surface area contributed by atoms with Crippen LogP contribution in [0.15, 0.2) is 35.2 Å². The largest absolute Gasteiger partial charge is 0.497 e. The summed E-state index contributed by atoms with van der Waals surface area (Å²) >= 11 is 0. The average Bonchev–Trinajstić information content (AvgIpc) is 2.66. The first-order chi connectivity index (χ1) is 10.3. The van der Waals surface area contributed by atoms with E-state index in [1.165, 1.54) is 0 Å². The summed E-state index contributed by atoms with van der Waals surface area (Å²) in [5.74, 6) is 1.83. The van der Waals surface area contributed by atoms with Crippen LogP contribution < -0.4 is 9.47 Å². The first-order valence-corrected chi connectivity index (χ1v) is 7.13. The van der Waals surface area contributed by atoms with Crippen LogP contribution in [-0.2, 0) is 9.47 Å². The van der Waals surface area contributed by atoms with Gasteiger partial charge >= 0.3 is 0 Å². The zero-order valence-corrected chi connectivity index (χ0v) is 14.0. The summed E-state index contributed by atoms with van der Waals surface area (Å²) in [6.07, 6.45) is 3.34. The monoisotopic (exact) mass is 305 g/mol. The van der Waals surface area contributed by atoms with Crippen molar-refractivity contribution in [2.24, 2.45) is 4.99 Å². The molecule has 0 amide bonds. The molecule has 5 nitrogen and oxygen atoms in total. The van der Waals surface area contributed by atoms with Crippen molar-refractivity contribution in [3.63, 3.8) is 0 Å². The predicted molar refractivity (Wildman–Crippen MR) is 86.1 cm³/mol. The number of hydrogen-bond acceptors (Lipinski definition) is 5. The Labute approximate surface area is 131 Å². The van der Waals surface area contributed by atoms with Gasteiger partial charge in [0.2, 0.25) is 0 Å². The third kappa shape index (κ3) is 3.18. The highest BCUT2D eigenvalue weighted by atomic mass is 16.7. The van der Waals surface area contributed by atoms with E-state index >= 15 is 0 Å². The molecule has 0 radical (unpaired) electrons. The lowest BCUT2D eigenvalue weighted by Gasteiger charge is -2.28. The molecule has 1 aliphatic rings. The predicted octanol–water partition coefficient (Wildman–Crippen LogP) is 3.85. The van der Waals surface area contributed by atoms with Crippen molar-refractivity contribution < 1.29 is 18.9 Å². The SMILES string of the molecule is COc1ccc(N=CC=C2OC(C)(C)C(C)(C)O2)c(OC)c1. The molecule has 0 spiro atoms. The summed E-state index contributed by atoms with van der Waals surface area (Å²) in [6.45, 7) is 7.99. The van der Waals surface area contributed by atoms with Crippen LogP contribution >= 0.6 is 0 Å². The van der Waals surface area contributed by atoms with Crippen molar-refractivity contribution in [2.45, 2.75) is 38.9 Å². The van der Waals surface area contributed by atoms with Crippen LogP contribution in [0.3, 0.4) is 0 Å². The van der Waals surface area contributed by atoms with Gasteiger partial charge in [-0.3, -0.25) is 4.99 Å². The second-order valence-electron chi connectivity index (χ2n) is 6.03. The van der Waals surface area contributed by atoms with Crippen molar-refractivity contribution in [3.8, 4) is 11.5 Å². The summed E-state index contributed by atoms with van der Waals surface area (Å²) in [5.41, 5.74) is -0.0636. The quantitative estimate of drug-likeness (QED) is 0.793. The maximum absolute atomic E-state index is 5.79. The van der Waals surface area contributed by atoms with Crippen LogP contribution in [0.5, 0.6) is 11.5 Å². The molecule has 1 aliphatic heterocycles. The van der Waals surface area contributed by atoms with Gasteiger partial charge in [0.1, 0.15) is 28.4 Å². The van der Waals surface area contributed by atoms with Crippen LogP contribution in [0.1, 0.15) is 27.7 Å². The fourth-order valence-electron chi connectivity index (χ4n) is 1.91. The standard InChI is InChI=1S/C17H23NO4/c1-16(2)17(3,4)22-15(21-16)9-10-18-13-8-7-12(19-5)11-14(13)20-6/h7-11H,1-6H3. The molecule has 1 aromatic carbocycles. The third-order valence-electron chi connectivity index (χ3n) is 3.97. The van der Waals surface area contributed by atoms with Gasteiger partial charge < -0.3 is 18.9 Å². The van der Waals surface area contributed by atoms with Crippen LogP contribution in [0.2, 0.25) is 0 Å². The highest BCUT2D eigenvalue weighted by Crippen LogP contribution is 2.39. The van der Waals surface area contributed by atoms with E-state index in [9.17, 15) is 0 Å². The Bertz CT molecular complexity index is 585. The van der Waals surface area contributed by atoms with Gasteiger partial charge in [0.25, 0.3) is 5.95 Å². The molecule has 0 unspecified atom stereocenters. The molecule has 0 aromatic heterocycles. The van der Waals surface area contributed by atoms with E-state index in [1.54, 1.807) is 32.6 Å². The average molecular weight is 305 g/mol. The summed E-state index contributed by atoms with van der Waals surface area (Å²) in [4.78, 5) is 4.37. The van der Waals surface area contributed by atoms with E-state index in [4.69, 9.17) is 18.9 Å². The topological polar surface area (TPSA) is 49.3 Å². The third-order valence-corrected chi connectivity index (χ3v) is 3.97. The lowest BCUT2D eigenvalue weighted by Crippen LogP contribution is -2.41. The number of ether oxygens (including phenoxy) is 4.